The molecule has 4 rings (SSSR count). The Hall–Kier alpha value is -3.43. The summed E-state index contributed by atoms with van der Waals surface area (Å²) < 4.78 is 27.2. The Morgan fingerprint density at radius 2 is 1.88 bits per heavy atom. The quantitative estimate of drug-likeness (QED) is 0.615. The van der Waals surface area contributed by atoms with Crippen molar-refractivity contribution in [3.05, 3.63) is 53.4 Å². The summed E-state index contributed by atoms with van der Waals surface area (Å²) in [5.74, 6) is -1.93. The normalized spacial score (nSPS) is 23.3. The standard InChI is InChI=1S/C22H25F2N5O3/c1-13-7-15(11-25-13)22(20(31)26-21(32)27-22)4-3-19(30)28-5-6-29(14(2)12-28)18-9-16(23)8-17(24)10-18/h7-11,14,25H,3-6,12H2,1-2H3,(H2,26,27,31,32)/t14-,22?/m0/s1. The maximum absolute atomic E-state index is 13.6. The van der Waals surface area contributed by atoms with Crippen molar-refractivity contribution in [2.45, 2.75) is 38.3 Å². The number of carbonyl (C=O) groups excluding carboxylic acids is 3. The molecule has 2 aliphatic rings. The van der Waals surface area contributed by atoms with E-state index in [0.29, 0.717) is 30.9 Å². The Balaban J connectivity index is 1.43. The van der Waals surface area contributed by atoms with Crippen LogP contribution in [0.2, 0.25) is 0 Å². The van der Waals surface area contributed by atoms with Gasteiger partial charge < -0.3 is 20.1 Å². The first-order chi connectivity index (χ1) is 15.2. The predicted molar refractivity (Wildman–Crippen MR) is 113 cm³/mol. The summed E-state index contributed by atoms with van der Waals surface area (Å²) in [4.78, 5) is 44.0. The summed E-state index contributed by atoms with van der Waals surface area (Å²) in [5.41, 5.74) is 0.564. The van der Waals surface area contributed by atoms with Crippen molar-refractivity contribution in [3.8, 4) is 0 Å². The largest absolute Gasteiger partial charge is 0.365 e. The molecule has 0 saturated carbocycles. The van der Waals surface area contributed by atoms with Crippen molar-refractivity contribution in [1.29, 1.82) is 0 Å². The van der Waals surface area contributed by atoms with E-state index in [1.807, 2.05) is 18.7 Å². The zero-order valence-electron chi connectivity index (χ0n) is 17.9. The van der Waals surface area contributed by atoms with Gasteiger partial charge in [0.25, 0.3) is 5.91 Å². The zero-order valence-corrected chi connectivity index (χ0v) is 17.9. The minimum Gasteiger partial charge on any atom is -0.365 e. The number of amides is 4. The van der Waals surface area contributed by atoms with E-state index in [4.69, 9.17) is 0 Å². The summed E-state index contributed by atoms with van der Waals surface area (Å²) in [6.45, 7) is 4.91. The monoisotopic (exact) mass is 445 g/mol. The second kappa shape index (κ2) is 8.25. The number of hydrogen-bond donors (Lipinski definition) is 3. The van der Waals surface area contributed by atoms with Gasteiger partial charge in [-0.3, -0.25) is 14.9 Å². The number of benzene rings is 1. The molecule has 10 heteroatoms. The molecule has 2 saturated heterocycles. The molecule has 0 aliphatic carbocycles. The van der Waals surface area contributed by atoms with Gasteiger partial charge in [0, 0.05) is 61.3 Å². The predicted octanol–water partition coefficient (Wildman–Crippen LogP) is 2.15. The van der Waals surface area contributed by atoms with Crippen molar-refractivity contribution in [3.63, 3.8) is 0 Å². The van der Waals surface area contributed by atoms with Crippen LogP contribution in [0.4, 0.5) is 19.3 Å². The molecule has 32 heavy (non-hydrogen) atoms. The van der Waals surface area contributed by atoms with E-state index in [2.05, 4.69) is 15.6 Å². The number of imide groups is 1. The lowest BCUT2D eigenvalue weighted by Gasteiger charge is -2.41. The number of nitrogens with one attached hydrogen (secondary N) is 3. The third kappa shape index (κ3) is 4.04. The van der Waals surface area contributed by atoms with Crippen LogP contribution >= 0.6 is 0 Å². The molecule has 170 valence electrons. The molecule has 2 aliphatic heterocycles. The number of carbonyl (C=O) groups is 3. The van der Waals surface area contributed by atoms with Crippen molar-refractivity contribution in [2.75, 3.05) is 24.5 Å². The lowest BCUT2D eigenvalue weighted by atomic mass is 9.86. The summed E-state index contributed by atoms with van der Waals surface area (Å²) in [7, 11) is 0. The fourth-order valence-electron chi connectivity index (χ4n) is 4.50. The van der Waals surface area contributed by atoms with Crippen LogP contribution in [0.5, 0.6) is 0 Å². The minimum absolute atomic E-state index is 0.0548. The van der Waals surface area contributed by atoms with Gasteiger partial charge in [0.15, 0.2) is 0 Å². The van der Waals surface area contributed by atoms with Crippen LogP contribution in [0.1, 0.15) is 31.0 Å². The van der Waals surface area contributed by atoms with E-state index in [1.165, 1.54) is 12.1 Å². The Kier molecular flexibility index (Phi) is 5.62. The van der Waals surface area contributed by atoms with Gasteiger partial charge in [0.05, 0.1) is 0 Å². The molecule has 4 amide bonds. The average molecular weight is 445 g/mol. The highest BCUT2D eigenvalue weighted by molar-refractivity contribution is 6.07. The van der Waals surface area contributed by atoms with Gasteiger partial charge in [-0.15, -0.1) is 0 Å². The number of aromatic amines is 1. The van der Waals surface area contributed by atoms with E-state index in [0.717, 1.165) is 11.8 Å². The molecule has 3 heterocycles. The van der Waals surface area contributed by atoms with E-state index >= 15 is 0 Å². The summed E-state index contributed by atoms with van der Waals surface area (Å²) in [5, 5.41) is 4.95. The Labute approximate surface area is 184 Å². The van der Waals surface area contributed by atoms with E-state index < -0.39 is 29.1 Å². The van der Waals surface area contributed by atoms with Crippen LogP contribution in [0.25, 0.3) is 0 Å². The van der Waals surface area contributed by atoms with Crippen LogP contribution in [0, 0.1) is 18.6 Å². The molecule has 1 unspecified atom stereocenters. The van der Waals surface area contributed by atoms with E-state index in [9.17, 15) is 23.2 Å². The zero-order chi connectivity index (χ0) is 23.0. The lowest BCUT2D eigenvalue weighted by Crippen LogP contribution is -2.54. The number of urea groups is 1. The van der Waals surface area contributed by atoms with Gasteiger partial charge in [-0.2, -0.15) is 0 Å². The maximum Gasteiger partial charge on any atom is 0.322 e. The van der Waals surface area contributed by atoms with Crippen LogP contribution < -0.4 is 15.5 Å². The summed E-state index contributed by atoms with van der Waals surface area (Å²) >= 11 is 0. The highest BCUT2D eigenvalue weighted by atomic mass is 19.1. The molecule has 2 fully saturated rings. The number of anilines is 1. The number of aromatic nitrogens is 1. The molecule has 2 atom stereocenters. The molecule has 8 nitrogen and oxygen atoms in total. The number of aryl methyl sites for hydroxylation is 1. The number of rotatable bonds is 5. The Morgan fingerprint density at radius 1 is 1.16 bits per heavy atom. The molecule has 3 N–H and O–H groups in total. The Bertz CT molecular complexity index is 1050. The van der Waals surface area contributed by atoms with Crippen molar-refractivity contribution in [1.82, 2.24) is 20.5 Å². The highest BCUT2D eigenvalue weighted by Gasteiger charge is 2.48. The van der Waals surface area contributed by atoms with Gasteiger partial charge in [-0.1, -0.05) is 0 Å². The average Bonchev–Trinajstić information content (AvgIpc) is 3.28. The number of hydrogen-bond acceptors (Lipinski definition) is 4. The first-order valence-corrected chi connectivity index (χ1v) is 10.5. The molecule has 1 aromatic heterocycles. The van der Waals surface area contributed by atoms with Crippen LogP contribution in [-0.4, -0.2) is 53.4 Å². The maximum atomic E-state index is 13.6. The lowest BCUT2D eigenvalue weighted by molar-refractivity contribution is -0.133. The third-order valence-electron chi connectivity index (χ3n) is 6.13. The van der Waals surface area contributed by atoms with Gasteiger partial charge in [-0.05, 0) is 38.5 Å². The SMILES string of the molecule is Cc1cc(C2(CCC(=O)N3CCN(c4cc(F)cc(F)c4)[C@@H](C)C3)NC(=O)NC2=O)c[nH]1. The highest BCUT2D eigenvalue weighted by Crippen LogP contribution is 2.31. The molecular weight excluding hydrogens is 420 g/mol. The number of piperazine rings is 1. The fourth-order valence-corrected chi connectivity index (χ4v) is 4.50. The smallest absolute Gasteiger partial charge is 0.322 e. The number of H-pyrrole nitrogens is 1. The molecular formula is C22H25F2N5O3. The summed E-state index contributed by atoms with van der Waals surface area (Å²) in [6, 6.07) is 4.42. The second-order valence-corrected chi connectivity index (χ2v) is 8.39. The first kappa shape index (κ1) is 21.8. The van der Waals surface area contributed by atoms with E-state index in [1.54, 1.807) is 17.2 Å². The van der Waals surface area contributed by atoms with Gasteiger partial charge >= 0.3 is 6.03 Å². The second-order valence-electron chi connectivity index (χ2n) is 8.39. The van der Waals surface area contributed by atoms with E-state index in [-0.39, 0.29) is 24.8 Å². The molecule has 0 bridgehead atoms. The van der Waals surface area contributed by atoms with Gasteiger partial charge in [0.1, 0.15) is 17.2 Å². The summed E-state index contributed by atoms with van der Waals surface area (Å²) in [6.07, 6.45) is 1.83. The molecule has 2 aromatic rings. The Morgan fingerprint density at radius 3 is 2.44 bits per heavy atom. The van der Waals surface area contributed by atoms with Crippen molar-refractivity contribution >= 4 is 23.5 Å². The van der Waals surface area contributed by atoms with Crippen molar-refractivity contribution in [2.24, 2.45) is 0 Å². The first-order valence-electron chi connectivity index (χ1n) is 10.5. The third-order valence-corrected chi connectivity index (χ3v) is 6.13. The number of halogens is 2. The van der Waals surface area contributed by atoms with Crippen molar-refractivity contribution < 1.29 is 23.2 Å². The minimum atomic E-state index is -1.30. The fraction of sp³-hybridized carbons (Fsp3) is 0.409. The molecule has 0 spiro atoms. The number of nitrogens with zero attached hydrogens (tertiary/aromatic N) is 2. The van der Waals surface area contributed by atoms with Crippen LogP contribution in [-0.2, 0) is 15.1 Å². The molecule has 1 aromatic carbocycles. The molecule has 0 radical (unpaired) electrons. The van der Waals surface area contributed by atoms with Gasteiger partial charge in [0.2, 0.25) is 5.91 Å². The van der Waals surface area contributed by atoms with Crippen LogP contribution in [0.3, 0.4) is 0 Å². The van der Waals surface area contributed by atoms with Crippen LogP contribution in [0.15, 0.2) is 30.5 Å². The topological polar surface area (TPSA) is 97.5 Å². The van der Waals surface area contributed by atoms with Gasteiger partial charge in [-0.25, -0.2) is 13.6 Å².